The van der Waals surface area contributed by atoms with E-state index in [1.54, 1.807) is 27.7 Å². The smallest absolute Gasteiger partial charge is 0.408 e. The predicted molar refractivity (Wildman–Crippen MR) is 110 cm³/mol. The maximum absolute atomic E-state index is 14.5. The number of ether oxygens (including phenoxy) is 1. The molecule has 2 aromatic carbocycles. The minimum Gasteiger partial charge on any atom is -0.444 e. The minimum absolute atomic E-state index is 0.0297. The van der Waals surface area contributed by atoms with Crippen molar-refractivity contribution in [3.05, 3.63) is 69.5 Å². The normalized spacial score (nSPS) is 12.6. The highest BCUT2D eigenvalue weighted by atomic mass is 19.1. The number of nitrogens with one attached hydrogen (secondary N) is 1. The number of benzene rings is 2. The summed E-state index contributed by atoms with van der Waals surface area (Å²) in [4.78, 5) is 29.8. The Kier molecular flexibility index (Phi) is 5.80. The van der Waals surface area contributed by atoms with Crippen molar-refractivity contribution >= 4 is 17.0 Å². The largest absolute Gasteiger partial charge is 0.444 e. The quantitative estimate of drug-likeness (QED) is 0.650. The maximum Gasteiger partial charge on any atom is 0.408 e. The summed E-state index contributed by atoms with van der Waals surface area (Å²) >= 11 is 0. The zero-order chi connectivity index (χ0) is 23.1. The third-order valence-corrected chi connectivity index (χ3v) is 4.44. The lowest BCUT2D eigenvalue weighted by Gasteiger charge is -2.23. The number of carbonyl (C=O) groups excluding carboxylic acids is 1. The minimum atomic E-state index is -0.960. The van der Waals surface area contributed by atoms with Gasteiger partial charge in [0, 0.05) is 6.07 Å². The number of hydrogen-bond donors (Lipinski definition) is 1. The van der Waals surface area contributed by atoms with Crippen molar-refractivity contribution in [3.8, 4) is 5.69 Å². The van der Waals surface area contributed by atoms with Gasteiger partial charge in [-0.15, -0.1) is 0 Å². The van der Waals surface area contributed by atoms with Crippen LogP contribution in [-0.4, -0.2) is 21.2 Å². The number of amides is 1. The highest BCUT2D eigenvalue weighted by molar-refractivity contribution is 5.82. The molecule has 31 heavy (non-hydrogen) atoms. The fourth-order valence-electron chi connectivity index (χ4n) is 3.18. The number of carbonyl (C=O) groups is 1. The first-order chi connectivity index (χ1) is 14.4. The summed E-state index contributed by atoms with van der Waals surface area (Å²) in [7, 11) is 0. The molecule has 1 N–H and O–H groups in total. The zero-order valence-electron chi connectivity index (χ0n) is 17.7. The first-order valence-electron chi connectivity index (χ1n) is 9.55. The molecule has 1 amide bonds. The van der Waals surface area contributed by atoms with Gasteiger partial charge in [-0.1, -0.05) is 6.07 Å². The number of halogens is 3. The van der Waals surface area contributed by atoms with Gasteiger partial charge in [-0.2, -0.15) is 0 Å². The fraction of sp³-hybridized carbons (Fsp3) is 0.318. The van der Waals surface area contributed by atoms with Crippen molar-refractivity contribution in [2.24, 2.45) is 0 Å². The van der Waals surface area contributed by atoms with Crippen LogP contribution in [0.25, 0.3) is 16.6 Å². The average Bonchev–Trinajstić information content (AvgIpc) is 2.61. The number of rotatable bonds is 3. The van der Waals surface area contributed by atoms with E-state index < -0.39 is 40.7 Å². The number of hydrogen-bond acceptors (Lipinski definition) is 4. The molecule has 0 aliphatic carbocycles. The maximum atomic E-state index is 14.5. The SMILES string of the molecule is Cc1ccc(F)c2nc([C@H](C)NC(=O)OC(C)(C)C)n(-c3cc(F)cc(F)c3)c(=O)c12. The van der Waals surface area contributed by atoms with Gasteiger partial charge >= 0.3 is 6.09 Å². The van der Waals surface area contributed by atoms with Crippen LogP contribution in [0.4, 0.5) is 18.0 Å². The van der Waals surface area contributed by atoms with Crippen molar-refractivity contribution in [1.82, 2.24) is 14.9 Å². The average molecular weight is 433 g/mol. The van der Waals surface area contributed by atoms with Crippen LogP contribution in [0.1, 0.15) is 45.1 Å². The second-order valence-corrected chi connectivity index (χ2v) is 8.19. The zero-order valence-corrected chi connectivity index (χ0v) is 17.7. The summed E-state index contributed by atoms with van der Waals surface area (Å²) in [6, 6.07) is 4.20. The molecule has 164 valence electrons. The monoisotopic (exact) mass is 433 g/mol. The van der Waals surface area contributed by atoms with Gasteiger partial charge in [0.25, 0.3) is 5.56 Å². The third-order valence-electron chi connectivity index (χ3n) is 4.44. The predicted octanol–water partition coefficient (Wildman–Crippen LogP) is 4.70. The Hall–Kier alpha value is -3.36. The molecule has 6 nitrogen and oxygen atoms in total. The van der Waals surface area contributed by atoms with Crippen LogP contribution in [0.15, 0.2) is 35.1 Å². The van der Waals surface area contributed by atoms with E-state index in [-0.39, 0.29) is 22.4 Å². The summed E-state index contributed by atoms with van der Waals surface area (Å²) in [6.07, 6.45) is -0.795. The molecule has 1 atom stereocenters. The molecule has 0 bridgehead atoms. The van der Waals surface area contributed by atoms with E-state index in [1.807, 2.05) is 0 Å². The molecule has 0 saturated carbocycles. The van der Waals surface area contributed by atoms with Crippen molar-refractivity contribution < 1.29 is 22.7 Å². The van der Waals surface area contributed by atoms with Gasteiger partial charge in [0.15, 0.2) is 0 Å². The van der Waals surface area contributed by atoms with Crippen LogP contribution >= 0.6 is 0 Å². The summed E-state index contributed by atoms with van der Waals surface area (Å²) in [5.41, 5.74) is -1.41. The molecule has 1 heterocycles. The van der Waals surface area contributed by atoms with Gasteiger partial charge in [-0.3, -0.25) is 9.36 Å². The van der Waals surface area contributed by atoms with E-state index in [1.165, 1.54) is 19.1 Å². The summed E-state index contributed by atoms with van der Waals surface area (Å²) < 4.78 is 48.5. The van der Waals surface area contributed by atoms with E-state index in [9.17, 15) is 22.8 Å². The Morgan fingerprint density at radius 2 is 1.74 bits per heavy atom. The number of aryl methyl sites for hydroxylation is 1. The van der Waals surface area contributed by atoms with Crippen molar-refractivity contribution in [3.63, 3.8) is 0 Å². The van der Waals surface area contributed by atoms with Crippen LogP contribution in [0.2, 0.25) is 0 Å². The number of aromatic nitrogens is 2. The van der Waals surface area contributed by atoms with Gasteiger partial charge in [0.2, 0.25) is 0 Å². The first-order valence-corrected chi connectivity index (χ1v) is 9.55. The molecule has 1 aromatic heterocycles. The molecule has 0 unspecified atom stereocenters. The standard InChI is InChI=1S/C22H22F3N3O3/c1-11-6-7-16(25)18-17(11)20(29)28(15-9-13(23)8-14(24)10-15)19(27-18)12(2)26-21(30)31-22(3,4)5/h6-10,12H,1-5H3,(H,26,30)/t12-/m0/s1. The second kappa shape index (κ2) is 8.05. The van der Waals surface area contributed by atoms with Crippen LogP contribution in [0.5, 0.6) is 0 Å². The van der Waals surface area contributed by atoms with Crippen molar-refractivity contribution in [2.75, 3.05) is 0 Å². The van der Waals surface area contributed by atoms with Gasteiger partial charge in [-0.25, -0.2) is 22.9 Å². The Morgan fingerprint density at radius 3 is 2.32 bits per heavy atom. The number of alkyl carbamates (subject to hydrolysis) is 1. The Morgan fingerprint density at radius 1 is 1.13 bits per heavy atom. The van der Waals surface area contributed by atoms with Crippen molar-refractivity contribution in [2.45, 2.75) is 46.3 Å². The fourth-order valence-corrected chi connectivity index (χ4v) is 3.18. The summed E-state index contributed by atoms with van der Waals surface area (Å²) in [5, 5.41) is 2.50. The lowest BCUT2D eigenvalue weighted by Crippen LogP contribution is -2.37. The first kappa shape index (κ1) is 22.3. The van der Waals surface area contributed by atoms with Gasteiger partial charge in [-0.05, 0) is 58.4 Å². The van der Waals surface area contributed by atoms with Crippen molar-refractivity contribution in [1.29, 1.82) is 0 Å². The highest BCUT2D eigenvalue weighted by Crippen LogP contribution is 2.23. The molecule has 9 heteroatoms. The van der Waals surface area contributed by atoms with Crippen LogP contribution in [0, 0.1) is 24.4 Å². The van der Waals surface area contributed by atoms with Gasteiger partial charge in [0.1, 0.15) is 34.4 Å². The lowest BCUT2D eigenvalue weighted by molar-refractivity contribution is 0.0505. The topological polar surface area (TPSA) is 73.2 Å². The molecule has 0 radical (unpaired) electrons. The highest BCUT2D eigenvalue weighted by Gasteiger charge is 2.24. The number of nitrogens with zero attached hydrogens (tertiary/aromatic N) is 2. The molecular weight excluding hydrogens is 411 g/mol. The summed E-state index contributed by atoms with van der Waals surface area (Å²) in [6.45, 7) is 8.13. The molecule has 0 aliphatic rings. The Bertz CT molecular complexity index is 1210. The van der Waals surface area contributed by atoms with Crippen LogP contribution in [-0.2, 0) is 4.74 Å². The van der Waals surface area contributed by atoms with Crippen LogP contribution in [0.3, 0.4) is 0 Å². The van der Waals surface area contributed by atoms with Gasteiger partial charge in [0.05, 0.1) is 17.1 Å². The molecular formula is C22H22F3N3O3. The Labute approximate surface area is 176 Å². The van der Waals surface area contributed by atoms with Gasteiger partial charge < -0.3 is 10.1 Å². The van der Waals surface area contributed by atoms with E-state index in [4.69, 9.17) is 4.74 Å². The Balaban J connectivity index is 2.27. The lowest BCUT2D eigenvalue weighted by atomic mass is 10.1. The third kappa shape index (κ3) is 4.70. The molecule has 3 rings (SSSR count). The van der Waals surface area contributed by atoms with Crippen LogP contribution < -0.4 is 10.9 Å². The molecule has 0 aliphatic heterocycles. The molecule has 0 saturated heterocycles. The molecule has 3 aromatic rings. The van der Waals surface area contributed by atoms with E-state index in [2.05, 4.69) is 10.3 Å². The number of fused-ring (bicyclic) bond motifs is 1. The molecule has 0 fully saturated rings. The van der Waals surface area contributed by atoms with E-state index in [0.717, 1.165) is 16.7 Å². The second-order valence-electron chi connectivity index (χ2n) is 8.19. The van der Waals surface area contributed by atoms with E-state index >= 15 is 0 Å². The summed E-state index contributed by atoms with van der Waals surface area (Å²) in [5.74, 6) is -2.66. The molecule has 0 spiro atoms. The van der Waals surface area contributed by atoms with E-state index in [0.29, 0.717) is 11.6 Å².